The van der Waals surface area contributed by atoms with E-state index in [0.717, 1.165) is 128 Å². The van der Waals surface area contributed by atoms with Crippen molar-refractivity contribution in [3.8, 4) is 17.1 Å². The summed E-state index contributed by atoms with van der Waals surface area (Å²) in [6.07, 6.45) is 0. The molecule has 0 radical (unpaired) electrons. The van der Waals surface area contributed by atoms with Crippen molar-refractivity contribution in [1.29, 1.82) is 0 Å². The summed E-state index contributed by atoms with van der Waals surface area (Å²) in [4.78, 5) is 15.0. The first-order chi connectivity index (χ1) is 46.1. The van der Waals surface area contributed by atoms with Crippen LogP contribution in [0.15, 0.2) is 291 Å². The van der Waals surface area contributed by atoms with Gasteiger partial charge in [-0.1, -0.05) is 178 Å². The van der Waals surface area contributed by atoms with Crippen molar-refractivity contribution < 1.29 is 13.7 Å². The number of anilines is 6. The highest BCUT2D eigenvalue weighted by molar-refractivity contribution is 6.11. The molecule has 0 atom stereocenters. The number of rotatable bonds is 9. The third kappa shape index (κ3) is 13.7. The number of nitrogens with one attached hydrogen (secondary N) is 3. The summed E-state index contributed by atoms with van der Waals surface area (Å²) >= 11 is 0. The fourth-order valence-electron chi connectivity index (χ4n) is 11.8. The number of aromatic nitrogens is 6. The maximum absolute atomic E-state index is 5.13. The Morgan fingerprint density at radius 1 is 0.234 bits per heavy atom. The molecule has 0 aliphatic heterocycles. The van der Waals surface area contributed by atoms with Gasteiger partial charge in [0.25, 0.3) is 0 Å². The van der Waals surface area contributed by atoms with Gasteiger partial charge in [-0.15, -0.1) is 13.7 Å². The minimum atomic E-state index is 0.973. The van der Waals surface area contributed by atoms with Crippen LogP contribution in [0.4, 0.5) is 34.1 Å². The van der Waals surface area contributed by atoms with Crippen molar-refractivity contribution >= 4 is 111 Å². The van der Waals surface area contributed by atoms with E-state index in [4.69, 9.17) is 15.0 Å². The third-order valence-electron chi connectivity index (χ3n) is 16.3. The van der Waals surface area contributed by atoms with E-state index < -0.39 is 0 Å². The molecule has 9 heteroatoms. The maximum Gasteiger partial charge on any atom is 0.240 e. The molecular weight excluding hydrogens is 1150 g/mol. The molecule has 0 aliphatic rings. The van der Waals surface area contributed by atoms with Crippen LogP contribution >= 0.6 is 0 Å². The van der Waals surface area contributed by atoms with Gasteiger partial charge >= 0.3 is 0 Å². The number of hydrogen-bond donors (Lipinski definition) is 3. The highest BCUT2D eigenvalue weighted by atomic mass is 15.0. The first-order valence-corrected chi connectivity index (χ1v) is 32.5. The van der Waals surface area contributed by atoms with Gasteiger partial charge in [-0.2, -0.15) is 0 Å². The van der Waals surface area contributed by atoms with Gasteiger partial charge in [0.1, 0.15) is 33.1 Å². The number of fused-ring (bicyclic) bond motifs is 8. The summed E-state index contributed by atoms with van der Waals surface area (Å²) in [7, 11) is 0. The van der Waals surface area contributed by atoms with E-state index in [-0.39, 0.29) is 0 Å². The fraction of sp³-hybridized carbons (Fsp3) is 0.106. The molecule has 0 spiro atoms. The molecule has 0 unspecified atom stereocenters. The lowest BCUT2D eigenvalue weighted by Crippen LogP contribution is -2.33. The SMILES string of the molecule is CC.CC.Cc1ccc(-[n+]2c3cc(C)ccc3nc3ccc(Nc4ccccc4)cc32)cc1.Cc1ccc(-[n+]2c3cc(C)ccc3nc3ccc(Nc4ccccc4)cc32)cc1.Cc1ccc2nc3c4ccccc4c(Nc4ccccc4)cc3[n+](-c3ccccc3)c2c1. The lowest BCUT2D eigenvalue weighted by molar-refractivity contribution is -0.538. The summed E-state index contributed by atoms with van der Waals surface area (Å²) in [5.41, 5.74) is 28.4. The van der Waals surface area contributed by atoms with E-state index in [0.29, 0.717) is 0 Å². The summed E-state index contributed by atoms with van der Waals surface area (Å²) in [6.45, 7) is 18.6. The van der Waals surface area contributed by atoms with Gasteiger partial charge in [0, 0.05) is 112 Å². The highest BCUT2D eigenvalue weighted by Gasteiger charge is 2.25. The van der Waals surface area contributed by atoms with Gasteiger partial charge in [-0.25, -0.2) is 15.0 Å². The predicted octanol–water partition coefficient (Wildman–Crippen LogP) is 21.0. The maximum atomic E-state index is 5.13. The van der Waals surface area contributed by atoms with Crippen LogP contribution < -0.4 is 29.7 Å². The van der Waals surface area contributed by atoms with Crippen LogP contribution in [-0.4, -0.2) is 15.0 Å². The van der Waals surface area contributed by atoms with E-state index in [2.05, 4.69) is 301 Å². The second kappa shape index (κ2) is 28.6. The number of nitrogens with zero attached hydrogens (tertiary/aromatic N) is 6. The quantitative estimate of drug-likeness (QED) is 0.0758. The van der Waals surface area contributed by atoms with Crippen LogP contribution in [0.5, 0.6) is 0 Å². The normalized spacial score (nSPS) is 10.8. The van der Waals surface area contributed by atoms with Crippen molar-refractivity contribution in [3.05, 3.63) is 319 Å². The van der Waals surface area contributed by atoms with Gasteiger partial charge < -0.3 is 16.0 Å². The Hall–Kier alpha value is -11.7. The summed E-state index contributed by atoms with van der Waals surface area (Å²) < 4.78 is 6.94. The van der Waals surface area contributed by atoms with Gasteiger partial charge in [-0.05, 0) is 130 Å². The van der Waals surface area contributed by atoms with Crippen LogP contribution in [0.1, 0.15) is 55.5 Å². The molecule has 94 heavy (non-hydrogen) atoms. The zero-order valence-electron chi connectivity index (χ0n) is 54.9. The first kappa shape index (κ1) is 62.5. The molecule has 3 aromatic heterocycles. The minimum absolute atomic E-state index is 0.973. The molecule has 0 saturated carbocycles. The number of benzene rings is 13. The molecule has 0 fully saturated rings. The molecule has 3 heterocycles. The second-order valence-corrected chi connectivity index (χ2v) is 23.0. The van der Waals surface area contributed by atoms with Crippen molar-refractivity contribution in [2.24, 2.45) is 0 Å². The Kier molecular flexibility index (Phi) is 19.1. The number of aryl methyl sites for hydroxylation is 5. The average molecular weight is 1230 g/mol. The molecule has 9 nitrogen and oxygen atoms in total. The molecule has 0 amide bonds. The van der Waals surface area contributed by atoms with Crippen LogP contribution in [0.2, 0.25) is 0 Å². The topological polar surface area (TPSA) is 86.4 Å². The van der Waals surface area contributed by atoms with Gasteiger partial charge in [0.2, 0.25) is 50.2 Å². The molecule has 16 aromatic rings. The summed E-state index contributed by atoms with van der Waals surface area (Å²) in [5.74, 6) is 0. The molecule has 0 bridgehead atoms. The molecule has 13 aromatic carbocycles. The van der Waals surface area contributed by atoms with Crippen molar-refractivity contribution in [2.75, 3.05) is 16.0 Å². The molecule has 0 aliphatic carbocycles. The highest BCUT2D eigenvalue weighted by Crippen LogP contribution is 2.34. The lowest BCUT2D eigenvalue weighted by atomic mass is 10.0. The van der Waals surface area contributed by atoms with Crippen molar-refractivity contribution in [2.45, 2.75) is 62.3 Å². The Labute approximate surface area is 551 Å². The van der Waals surface area contributed by atoms with E-state index >= 15 is 0 Å². The fourth-order valence-corrected chi connectivity index (χ4v) is 11.8. The van der Waals surface area contributed by atoms with E-state index in [1.807, 2.05) is 82.3 Å². The minimum Gasteiger partial charge on any atom is -0.355 e. The molecule has 460 valence electrons. The Bertz CT molecular complexity index is 5080. The van der Waals surface area contributed by atoms with Crippen LogP contribution in [0, 0.1) is 34.6 Å². The number of hydrogen-bond acceptors (Lipinski definition) is 6. The Morgan fingerprint density at radius 3 is 0.957 bits per heavy atom. The van der Waals surface area contributed by atoms with Crippen LogP contribution in [0.25, 0.3) is 94.0 Å². The zero-order chi connectivity index (χ0) is 65.1. The number of para-hydroxylation sites is 4. The zero-order valence-corrected chi connectivity index (χ0v) is 54.9. The monoisotopic (exact) mass is 1220 g/mol. The smallest absolute Gasteiger partial charge is 0.240 e. The largest absolute Gasteiger partial charge is 0.355 e. The summed E-state index contributed by atoms with van der Waals surface area (Å²) in [5, 5.41) is 12.9. The molecule has 16 rings (SSSR count). The molecule has 3 N–H and O–H groups in total. The standard InChI is InChI=1S/C29H21N3.2C26H21N3.2C2H6/c1-20-16-17-25-27(18-20)32(22-12-6-3-7-13-22)28-19-26(30-21-10-4-2-5-11-21)23-14-8-9-15-24(23)29(28)31-25;2*1-18-8-12-22(13-9-18)29-25-16-19(2)10-14-23(25)28-24-15-11-21(17-26(24)29)27-20-6-4-3-5-7-20;2*1-2/h2-19H,1H3;2*3-17H,1-2H3;2*1-2H3/p+3. The van der Waals surface area contributed by atoms with Crippen molar-refractivity contribution in [3.63, 3.8) is 0 Å². The van der Waals surface area contributed by atoms with Crippen LogP contribution in [0.3, 0.4) is 0 Å². The summed E-state index contributed by atoms with van der Waals surface area (Å²) in [6, 6.07) is 101. The first-order valence-electron chi connectivity index (χ1n) is 32.5. The molecular formula is C85H78N9+3. The second-order valence-electron chi connectivity index (χ2n) is 23.0. The average Bonchev–Trinajstić information content (AvgIpc) is 0.745. The van der Waals surface area contributed by atoms with Gasteiger partial charge in [0.15, 0.2) is 0 Å². The lowest BCUT2D eigenvalue weighted by Gasteiger charge is -2.13. The van der Waals surface area contributed by atoms with Gasteiger partial charge in [0.05, 0.1) is 5.69 Å². The Balaban J connectivity index is 0.000000132. The van der Waals surface area contributed by atoms with E-state index in [1.165, 1.54) is 27.8 Å². The van der Waals surface area contributed by atoms with Crippen LogP contribution in [-0.2, 0) is 0 Å². The van der Waals surface area contributed by atoms with E-state index in [9.17, 15) is 0 Å². The van der Waals surface area contributed by atoms with Gasteiger partial charge in [-0.3, -0.25) is 0 Å². The van der Waals surface area contributed by atoms with E-state index in [1.54, 1.807) is 0 Å². The predicted molar refractivity (Wildman–Crippen MR) is 395 cm³/mol. The van der Waals surface area contributed by atoms with Crippen molar-refractivity contribution in [1.82, 2.24) is 15.0 Å². The Morgan fingerprint density at radius 2 is 0.543 bits per heavy atom. The molecule has 0 saturated heterocycles. The third-order valence-corrected chi connectivity index (χ3v) is 16.3.